The third kappa shape index (κ3) is 22.6. The fraction of sp³-hybridized carbons (Fsp3) is 0.351. The molecule has 0 aliphatic rings. The van der Waals surface area contributed by atoms with Gasteiger partial charge < -0.3 is 46.7 Å². The Kier molecular flexibility index (Phi) is 31.4. The number of aliphatic hydroxyl groups is 1. The molecule has 8 rings (SSSR count). The van der Waals surface area contributed by atoms with Gasteiger partial charge in [0.05, 0.1) is 13.7 Å². The molecule has 0 fully saturated rings. The number of hydrogen-bond donors (Lipinski definition) is 5. The van der Waals surface area contributed by atoms with E-state index < -0.39 is 50.4 Å². The van der Waals surface area contributed by atoms with E-state index in [1.165, 1.54) is 0 Å². The first-order valence-electron chi connectivity index (χ1n) is 30.4. The van der Waals surface area contributed by atoms with Crippen molar-refractivity contribution in [2.75, 3.05) is 7.11 Å². The van der Waals surface area contributed by atoms with Crippen LogP contribution in [0.4, 0.5) is 0 Å². The van der Waals surface area contributed by atoms with Crippen molar-refractivity contribution in [2.24, 2.45) is 0 Å². The van der Waals surface area contributed by atoms with E-state index in [1.807, 2.05) is 72.8 Å². The molecule has 0 bridgehead atoms. The van der Waals surface area contributed by atoms with Gasteiger partial charge in [-0.05, 0) is 207 Å². The number of benzene rings is 8. The van der Waals surface area contributed by atoms with Gasteiger partial charge in [-0.15, -0.1) is 0 Å². The molecule has 8 aromatic rings. The molecule has 488 valence electrons. The molecule has 16 heteroatoms. The molecule has 0 aliphatic carbocycles. The lowest BCUT2D eigenvalue weighted by atomic mass is 10.1. The van der Waals surface area contributed by atoms with E-state index in [1.54, 1.807) is 31.4 Å². The van der Waals surface area contributed by atoms with Gasteiger partial charge in [-0.3, -0.25) is 0 Å². The maximum absolute atomic E-state index is 10.3. The number of phenols is 4. The van der Waals surface area contributed by atoms with Crippen molar-refractivity contribution in [1.29, 1.82) is 0 Å². The Bertz CT molecular complexity index is 3110. The zero-order valence-corrected chi connectivity index (χ0v) is 58.1. The number of rotatable bonds is 30. The largest absolute Gasteiger partial charge is 0.508 e. The molecule has 0 unspecified atom stereocenters. The van der Waals surface area contributed by atoms with E-state index in [-0.39, 0.29) is 47.8 Å². The summed E-state index contributed by atoms with van der Waals surface area (Å²) in [6.07, 6.45) is 7.18. The molecule has 0 radical (unpaired) electrons. The van der Waals surface area contributed by atoms with E-state index in [9.17, 15) is 25.5 Å². The van der Waals surface area contributed by atoms with Gasteiger partial charge in [-0.25, -0.2) is 0 Å². The van der Waals surface area contributed by atoms with E-state index in [2.05, 4.69) is 162 Å². The number of ether oxygens (including phenoxy) is 1. The molecule has 5 N–H and O–H groups in total. The minimum absolute atomic E-state index is 0. The van der Waals surface area contributed by atoms with E-state index in [4.69, 9.17) is 21.2 Å². The second kappa shape index (κ2) is 36.2. The first-order valence-corrected chi connectivity index (χ1v) is 46.5. The average Bonchev–Trinajstić information content (AvgIpc) is 0.820. The third-order valence-corrected chi connectivity index (χ3v) is 39.8. The van der Waals surface area contributed by atoms with Crippen molar-refractivity contribution in [3.63, 3.8) is 0 Å². The molecule has 0 spiro atoms. The highest BCUT2D eigenvalue weighted by atomic mass is 28.5. The maximum Gasteiger partial charge on any atom is 0.386 e. The Hall–Kier alpha value is -6.14. The van der Waals surface area contributed by atoms with Crippen LogP contribution in [0.25, 0.3) is 0 Å². The van der Waals surface area contributed by atoms with E-state index in [0.717, 1.165) is 119 Å². The van der Waals surface area contributed by atoms with Crippen molar-refractivity contribution in [2.45, 2.75) is 164 Å². The molecule has 0 saturated carbocycles. The number of aliphatic hydroxyl groups excluding tert-OH is 1. The predicted molar refractivity (Wildman–Crippen MR) is 394 cm³/mol. The van der Waals surface area contributed by atoms with Crippen LogP contribution in [-0.4, -0.2) is 83.0 Å². The lowest BCUT2D eigenvalue weighted by Gasteiger charge is -2.43. The number of aromatic hydroxyl groups is 4. The summed E-state index contributed by atoms with van der Waals surface area (Å²) >= 11 is 0. The molecule has 0 heterocycles. The Morgan fingerprint density at radius 2 is 0.589 bits per heavy atom. The van der Waals surface area contributed by atoms with Crippen LogP contribution in [0.15, 0.2) is 206 Å². The molecule has 90 heavy (non-hydrogen) atoms. The summed E-state index contributed by atoms with van der Waals surface area (Å²) in [4.78, 5) is 0. The Morgan fingerprint density at radius 3 is 0.900 bits per heavy atom. The molecule has 8 aromatic carbocycles. The maximum atomic E-state index is 10.3. The number of hydrogen-bond acceptors (Lipinski definition) is 10. The van der Waals surface area contributed by atoms with Crippen LogP contribution in [-0.2, 0) is 48.8 Å². The molecular formula is C74H108O10Si6. The first-order chi connectivity index (χ1) is 41.1. The van der Waals surface area contributed by atoms with Gasteiger partial charge in [-0.2, -0.15) is 0 Å². The van der Waals surface area contributed by atoms with Crippen molar-refractivity contribution < 1.29 is 46.7 Å². The van der Waals surface area contributed by atoms with Crippen molar-refractivity contribution in [3.05, 3.63) is 234 Å². The van der Waals surface area contributed by atoms with Gasteiger partial charge in [0.25, 0.3) is 0 Å². The summed E-state index contributed by atoms with van der Waals surface area (Å²) < 4.78 is 35.3. The van der Waals surface area contributed by atoms with Crippen LogP contribution >= 0.6 is 0 Å². The summed E-state index contributed by atoms with van der Waals surface area (Å²) in [5, 5.41) is 54.7. The average molecular weight is 1330 g/mol. The minimum Gasteiger partial charge on any atom is -0.508 e. The van der Waals surface area contributed by atoms with Crippen molar-refractivity contribution in [3.8, 4) is 28.7 Å². The van der Waals surface area contributed by atoms with Gasteiger partial charge in [0.1, 0.15) is 17.2 Å². The summed E-state index contributed by atoms with van der Waals surface area (Å²) in [5.41, 5.74) is 4.77. The highest BCUT2D eigenvalue weighted by Gasteiger charge is 2.51. The van der Waals surface area contributed by atoms with Crippen LogP contribution in [0.3, 0.4) is 0 Å². The Balaban J connectivity index is 0.000000452. The van der Waals surface area contributed by atoms with Gasteiger partial charge >= 0.3 is 17.1 Å². The summed E-state index contributed by atoms with van der Waals surface area (Å²) in [6.45, 7) is 18.3. The molecule has 0 amide bonds. The third-order valence-electron chi connectivity index (χ3n) is 15.8. The van der Waals surface area contributed by atoms with Gasteiger partial charge in [0.15, 0.2) is 44.8 Å². The second-order valence-corrected chi connectivity index (χ2v) is 49.1. The van der Waals surface area contributed by atoms with Crippen LogP contribution in [0.1, 0.15) is 83.2 Å². The number of phenolic OH excluding ortho intramolecular Hbond substituents is 3. The van der Waals surface area contributed by atoms with Crippen LogP contribution in [0.2, 0.25) is 76.6 Å². The standard InChI is InChI=1S/C36H48O6Si3.C34H44O4Si3.4CH4/c1-40-36-27-30(21-23-35(36)39)15-13-25-44(4,5)42-45(32-16-8-6-9-17-32,33-18-10-7-11-19-33)41-43(2,3)24-12-14-29-20-22-34(38)31(26-29)28-37;1-39(2,27-15-19-29-17-11-13-25-33(29)35)37-41(31-21-7-5-8-22-31,32-23-9-6-10-24-32)38-40(3,4)28-16-20-30-18-12-14-26-34(30)36;;;;/h6-11,16-23,26-27,37-39H,12-15,24-25,28H2,1-5H3;5-14,17-18,21-26,35-36H,15-16,19-20,27-28H2,1-4H3;4*1H4. The van der Waals surface area contributed by atoms with Gasteiger partial charge in [-0.1, -0.05) is 200 Å². The van der Waals surface area contributed by atoms with E-state index >= 15 is 0 Å². The van der Waals surface area contributed by atoms with Crippen LogP contribution < -0.4 is 25.5 Å². The second-order valence-electron chi connectivity index (χ2n) is 24.9. The highest BCUT2D eigenvalue weighted by Crippen LogP contribution is 2.33. The zero-order valence-electron chi connectivity index (χ0n) is 52.1. The summed E-state index contributed by atoms with van der Waals surface area (Å²) in [6, 6.07) is 72.4. The summed E-state index contributed by atoms with van der Waals surface area (Å²) in [7, 11) is -13.6. The van der Waals surface area contributed by atoms with Crippen molar-refractivity contribution >= 4 is 71.1 Å². The van der Waals surface area contributed by atoms with Gasteiger partial charge in [0.2, 0.25) is 0 Å². The minimum atomic E-state index is -3.12. The fourth-order valence-electron chi connectivity index (χ4n) is 11.3. The van der Waals surface area contributed by atoms with Crippen molar-refractivity contribution in [1.82, 2.24) is 0 Å². The number of para-hydroxylation sites is 2. The Morgan fingerprint density at radius 1 is 0.311 bits per heavy atom. The lowest BCUT2D eigenvalue weighted by Crippen LogP contribution is -2.70. The fourth-order valence-corrected chi connectivity index (χ4v) is 37.6. The highest BCUT2D eigenvalue weighted by molar-refractivity contribution is 7.03. The summed E-state index contributed by atoms with van der Waals surface area (Å²) in [5.74, 6) is 1.52. The topological polar surface area (TPSA) is 147 Å². The molecule has 10 nitrogen and oxygen atoms in total. The van der Waals surface area contributed by atoms with E-state index in [0.29, 0.717) is 22.8 Å². The van der Waals surface area contributed by atoms with Crippen LogP contribution in [0, 0.1) is 0 Å². The van der Waals surface area contributed by atoms with Gasteiger partial charge in [0, 0.05) is 5.56 Å². The van der Waals surface area contributed by atoms with Crippen LogP contribution in [0.5, 0.6) is 28.7 Å². The quantitative estimate of drug-likeness (QED) is 0.0276. The normalized spacial score (nSPS) is 11.8. The Labute approximate surface area is 548 Å². The molecule has 0 aliphatic heterocycles. The predicted octanol–water partition coefficient (Wildman–Crippen LogP) is 16.8. The monoisotopic (exact) mass is 1320 g/mol. The number of methoxy groups -OCH3 is 1. The number of aryl methyl sites for hydroxylation is 4. The smallest absolute Gasteiger partial charge is 0.386 e. The first kappa shape index (κ1) is 78.1. The lowest BCUT2D eigenvalue weighted by molar-refractivity contribution is 0.275. The SMILES string of the molecule is C.C.C.C.COc1cc(CCC[Si](C)(C)O[Si](O[Si](C)(C)CCCc2ccc(O)c(CO)c2)(c2ccccc2)c2ccccc2)ccc1O.C[Si](C)(CCCc1ccccc1O)O[Si](O[Si](C)(C)CCCc1ccccc1O)(c1ccccc1)c1ccccc1. The molecule has 0 aromatic heterocycles. The molecular weight excluding hydrogens is 1220 g/mol. The molecule has 0 saturated heterocycles. The molecule has 0 atom stereocenters. The zero-order chi connectivity index (χ0) is 61.9.